The van der Waals surface area contributed by atoms with Crippen molar-refractivity contribution in [2.24, 2.45) is 0 Å². The van der Waals surface area contributed by atoms with Crippen molar-refractivity contribution in [2.75, 3.05) is 19.1 Å². The number of hydrogen-bond donors (Lipinski definition) is 0. The lowest BCUT2D eigenvalue weighted by Gasteiger charge is -2.13. The Morgan fingerprint density at radius 1 is 1.18 bits per heavy atom. The summed E-state index contributed by atoms with van der Waals surface area (Å²) < 4.78 is 52.5. The molecule has 17 heavy (non-hydrogen) atoms. The molecular weight excluding hydrogens is 268 g/mol. The molecule has 1 unspecified atom stereocenters. The second-order valence-electron chi connectivity index (χ2n) is 3.62. The van der Waals surface area contributed by atoms with Crippen LogP contribution in [0.15, 0.2) is 12.7 Å². The van der Waals surface area contributed by atoms with Crippen molar-refractivity contribution in [3.8, 4) is 0 Å². The fraction of sp³-hybridized carbons (Fsp3) is 0.778. The predicted octanol–water partition coefficient (Wildman–Crippen LogP) is 0.664. The highest BCUT2D eigenvalue weighted by Gasteiger charge is 2.14. The second-order valence-corrected chi connectivity index (χ2v) is 6.86. The monoisotopic (exact) mass is 286 g/mol. The lowest BCUT2D eigenvalue weighted by molar-refractivity contribution is 0.188. The Bertz CT molecular complexity index is 422. The van der Waals surface area contributed by atoms with Gasteiger partial charge in [-0.1, -0.05) is 6.08 Å². The van der Waals surface area contributed by atoms with Crippen LogP contribution in [0.25, 0.3) is 0 Å². The lowest BCUT2D eigenvalue weighted by Crippen LogP contribution is -2.18. The summed E-state index contributed by atoms with van der Waals surface area (Å²) in [7, 11) is -6.97. The van der Waals surface area contributed by atoms with Crippen molar-refractivity contribution in [1.82, 2.24) is 0 Å². The van der Waals surface area contributed by atoms with E-state index in [4.69, 9.17) is 4.18 Å². The summed E-state index contributed by atoms with van der Waals surface area (Å²) in [6.45, 7) is 3.51. The normalized spacial score (nSPS) is 14.5. The summed E-state index contributed by atoms with van der Waals surface area (Å²) in [5, 5.41) is 0. The van der Waals surface area contributed by atoms with Gasteiger partial charge in [-0.15, -0.1) is 6.58 Å². The Hall–Kier alpha value is -0.440. The molecule has 0 aliphatic rings. The van der Waals surface area contributed by atoms with Crippen LogP contribution in [0, 0.1) is 0 Å². The van der Waals surface area contributed by atoms with Gasteiger partial charge in [0.15, 0.2) is 0 Å². The van der Waals surface area contributed by atoms with E-state index in [1.165, 1.54) is 0 Å². The van der Waals surface area contributed by atoms with E-state index in [1.807, 2.05) is 0 Å². The second kappa shape index (κ2) is 7.10. The summed E-state index contributed by atoms with van der Waals surface area (Å²) in [5.41, 5.74) is 0. The lowest BCUT2D eigenvalue weighted by atomic mass is 10.1. The number of rotatable bonds is 9. The molecule has 0 heterocycles. The van der Waals surface area contributed by atoms with E-state index in [-0.39, 0.29) is 6.61 Å². The molecule has 0 bridgehead atoms. The average molecular weight is 286 g/mol. The van der Waals surface area contributed by atoms with Gasteiger partial charge in [0.2, 0.25) is 0 Å². The zero-order chi connectivity index (χ0) is 13.5. The molecule has 0 aliphatic heterocycles. The number of hydrogen-bond acceptors (Lipinski definition) is 6. The third-order valence-electron chi connectivity index (χ3n) is 1.71. The molecule has 0 saturated carbocycles. The van der Waals surface area contributed by atoms with Crippen LogP contribution in [0.4, 0.5) is 0 Å². The zero-order valence-electron chi connectivity index (χ0n) is 9.96. The molecule has 0 aromatic carbocycles. The van der Waals surface area contributed by atoms with Gasteiger partial charge in [0, 0.05) is 0 Å². The quantitative estimate of drug-likeness (QED) is 0.351. The van der Waals surface area contributed by atoms with Gasteiger partial charge in [-0.05, 0) is 19.3 Å². The standard InChI is InChI=1S/C9H18O6S2/c1-4-6-9(15-17(3,12)13)7-5-8-14-16(2,10)11/h4,9H,1,5-8H2,2-3H3. The van der Waals surface area contributed by atoms with E-state index < -0.39 is 26.3 Å². The summed E-state index contributed by atoms with van der Waals surface area (Å²) in [5.74, 6) is 0. The molecule has 0 spiro atoms. The Morgan fingerprint density at radius 2 is 1.76 bits per heavy atom. The molecule has 0 fully saturated rings. The summed E-state index contributed by atoms with van der Waals surface area (Å²) in [6.07, 6.45) is 4.11. The zero-order valence-corrected chi connectivity index (χ0v) is 11.6. The molecule has 0 aromatic rings. The minimum atomic E-state index is -3.52. The van der Waals surface area contributed by atoms with E-state index in [2.05, 4.69) is 10.8 Å². The van der Waals surface area contributed by atoms with E-state index in [9.17, 15) is 16.8 Å². The summed E-state index contributed by atoms with van der Waals surface area (Å²) >= 11 is 0. The molecule has 0 N–H and O–H groups in total. The van der Waals surface area contributed by atoms with E-state index >= 15 is 0 Å². The molecule has 0 saturated heterocycles. The van der Waals surface area contributed by atoms with Crippen LogP contribution in [-0.4, -0.2) is 42.1 Å². The topological polar surface area (TPSA) is 86.7 Å². The van der Waals surface area contributed by atoms with Gasteiger partial charge < -0.3 is 0 Å². The maximum Gasteiger partial charge on any atom is 0.264 e. The van der Waals surface area contributed by atoms with Gasteiger partial charge in [-0.3, -0.25) is 8.37 Å². The first-order chi connectivity index (χ1) is 7.64. The van der Waals surface area contributed by atoms with E-state index in [1.54, 1.807) is 6.08 Å². The van der Waals surface area contributed by atoms with Crippen molar-refractivity contribution in [2.45, 2.75) is 25.4 Å². The van der Waals surface area contributed by atoms with Crippen molar-refractivity contribution in [3.63, 3.8) is 0 Å². The Balaban J connectivity index is 4.06. The van der Waals surface area contributed by atoms with Crippen LogP contribution >= 0.6 is 0 Å². The summed E-state index contributed by atoms with van der Waals surface area (Å²) in [4.78, 5) is 0. The molecule has 0 amide bonds. The van der Waals surface area contributed by atoms with Crippen LogP contribution in [0.3, 0.4) is 0 Å². The fourth-order valence-corrected chi connectivity index (χ4v) is 2.25. The molecule has 0 aliphatic carbocycles. The Morgan fingerprint density at radius 3 is 2.18 bits per heavy atom. The van der Waals surface area contributed by atoms with E-state index in [0.717, 1.165) is 12.5 Å². The highest BCUT2D eigenvalue weighted by molar-refractivity contribution is 7.86. The molecule has 0 rings (SSSR count). The first-order valence-electron chi connectivity index (χ1n) is 4.97. The molecule has 6 nitrogen and oxygen atoms in total. The molecule has 1 atom stereocenters. The molecular formula is C9H18O6S2. The van der Waals surface area contributed by atoms with Gasteiger partial charge in [0.05, 0.1) is 25.2 Å². The van der Waals surface area contributed by atoms with Gasteiger partial charge in [-0.2, -0.15) is 16.8 Å². The Labute approximate surface area is 103 Å². The maximum absolute atomic E-state index is 10.9. The van der Waals surface area contributed by atoms with Gasteiger partial charge in [0.1, 0.15) is 0 Å². The largest absolute Gasteiger partial charge is 0.270 e. The SMILES string of the molecule is C=CCC(CCCOS(C)(=O)=O)OS(C)(=O)=O. The minimum Gasteiger partial charge on any atom is -0.270 e. The molecule has 8 heteroatoms. The van der Waals surface area contributed by atoms with Gasteiger partial charge in [-0.25, -0.2) is 0 Å². The first-order valence-corrected chi connectivity index (χ1v) is 8.61. The van der Waals surface area contributed by atoms with Gasteiger partial charge in [0.25, 0.3) is 20.2 Å². The van der Waals surface area contributed by atoms with E-state index in [0.29, 0.717) is 19.3 Å². The van der Waals surface area contributed by atoms with Crippen molar-refractivity contribution in [3.05, 3.63) is 12.7 Å². The average Bonchev–Trinajstić information content (AvgIpc) is 2.08. The van der Waals surface area contributed by atoms with Crippen molar-refractivity contribution in [1.29, 1.82) is 0 Å². The first kappa shape index (κ1) is 16.6. The smallest absolute Gasteiger partial charge is 0.264 e. The third kappa shape index (κ3) is 11.8. The molecule has 102 valence electrons. The molecule has 0 aromatic heterocycles. The highest BCUT2D eigenvalue weighted by Crippen LogP contribution is 2.11. The molecule has 0 radical (unpaired) electrons. The fourth-order valence-electron chi connectivity index (χ4n) is 1.16. The van der Waals surface area contributed by atoms with Gasteiger partial charge >= 0.3 is 0 Å². The Kier molecular flexibility index (Phi) is 6.91. The van der Waals surface area contributed by atoms with Crippen LogP contribution < -0.4 is 0 Å². The van der Waals surface area contributed by atoms with Crippen LogP contribution in [0.5, 0.6) is 0 Å². The van der Waals surface area contributed by atoms with Crippen molar-refractivity contribution >= 4 is 20.2 Å². The predicted molar refractivity (Wildman–Crippen MR) is 64.6 cm³/mol. The third-order valence-corrected chi connectivity index (χ3v) is 2.92. The summed E-state index contributed by atoms with van der Waals surface area (Å²) in [6, 6.07) is 0. The van der Waals surface area contributed by atoms with Crippen molar-refractivity contribution < 1.29 is 25.2 Å². The van der Waals surface area contributed by atoms with Crippen LogP contribution in [-0.2, 0) is 28.6 Å². The minimum absolute atomic E-state index is 0.0135. The van der Waals surface area contributed by atoms with Crippen LogP contribution in [0.1, 0.15) is 19.3 Å². The highest BCUT2D eigenvalue weighted by atomic mass is 32.2. The maximum atomic E-state index is 10.9. The van der Waals surface area contributed by atoms with Crippen LogP contribution in [0.2, 0.25) is 0 Å².